The molecule has 1 amide bonds. The number of hydrogen-bond donors (Lipinski definition) is 2. The van der Waals surface area contributed by atoms with E-state index >= 15 is 0 Å². The Morgan fingerprint density at radius 2 is 1.56 bits per heavy atom. The number of nitrogens with one attached hydrogen (secondary N) is 2. The van der Waals surface area contributed by atoms with Crippen LogP contribution in [0.25, 0.3) is 0 Å². The Hall–Kier alpha value is -2.38. The van der Waals surface area contributed by atoms with Crippen molar-refractivity contribution in [3.05, 3.63) is 54.1 Å². The third-order valence-electron chi connectivity index (χ3n) is 4.11. The Bertz CT molecular complexity index is 883. The van der Waals surface area contributed by atoms with Crippen LogP contribution in [0.3, 0.4) is 0 Å². The Kier molecular flexibility index (Phi) is 6.28. The summed E-state index contributed by atoms with van der Waals surface area (Å²) in [4.78, 5) is 12.4. The molecule has 27 heavy (non-hydrogen) atoms. The average molecular weight is 391 g/mol. The van der Waals surface area contributed by atoms with Crippen LogP contribution in [0.15, 0.2) is 53.4 Å². The predicted molar refractivity (Wildman–Crippen MR) is 107 cm³/mol. The molecule has 1 atom stereocenters. The molecule has 2 aromatic carbocycles. The van der Waals surface area contributed by atoms with E-state index in [9.17, 15) is 13.2 Å². The highest BCUT2D eigenvalue weighted by Crippen LogP contribution is 2.23. The number of carbonyl (C=O) groups excluding carboxylic acids is 1. The first-order chi connectivity index (χ1) is 12.5. The van der Waals surface area contributed by atoms with E-state index in [0.717, 1.165) is 5.56 Å². The fourth-order valence-electron chi connectivity index (χ4n) is 2.41. The number of benzene rings is 2. The summed E-state index contributed by atoms with van der Waals surface area (Å²) in [7, 11) is -2.25. The van der Waals surface area contributed by atoms with Crippen LogP contribution < -0.4 is 14.8 Å². The molecule has 0 saturated heterocycles. The smallest absolute Gasteiger partial charge is 0.242 e. The quantitative estimate of drug-likeness (QED) is 0.793. The fourth-order valence-corrected chi connectivity index (χ4v) is 3.62. The van der Waals surface area contributed by atoms with E-state index in [0.29, 0.717) is 11.4 Å². The largest absolute Gasteiger partial charge is 0.497 e. The summed E-state index contributed by atoms with van der Waals surface area (Å²) < 4.78 is 32.5. The van der Waals surface area contributed by atoms with Gasteiger partial charge in [0.1, 0.15) is 5.75 Å². The van der Waals surface area contributed by atoms with Gasteiger partial charge in [0.2, 0.25) is 15.9 Å². The van der Waals surface area contributed by atoms with E-state index < -0.39 is 22.0 Å². The van der Waals surface area contributed by atoms with E-state index in [-0.39, 0.29) is 10.3 Å². The van der Waals surface area contributed by atoms with Crippen LogP contribution >= 0.6 is 0 Å². The van der Waals surface area contributed by atoms with Gasteiger partial charge < -0.3 is 10.1 Å². The fraction of sp³-hybridized carbons (Fsp3) is 0.350. The minimum absolute atomic E-state index is 0.0682. The number of amides is 1. The van der Waals surface area contributed by atoms with Crippen LogP contribution in [0.5, 0.6) is 5.75 Å². The van der Waals surface area contributed by atoms with Gasteiger partial charge in [-0.05, 0) is 54.3 Å². The standard InChI is InChI=1S/C20H26N2O4S/c1-14(19(23)21-16-8-10-17(26-5)11-9-16)22-27(24,25)18-12-6-15(7-13-18)20(2,3)4/h6-14,22H,1-5H3,(H,21,23)/t14-/m0/s1. The zero-order chi connectivity index (χ0) is 20.2. The molecular weight excluding hydrogens is 364 g/mol. The van der Waals surface area contributed by atoms with Crippen LogP contribution in [-0.2, 0) is 20.2 Å². The van der Waals surface area contributed by atoms with E-state index in [1.165, 1.54) is 6.92 Å². The molecule has 0 fully saturated rings. The highest BCUT2D eigenvalue weighted by Gasteiger charge is 2.23. The zero-order valence-electron chi connectivity index (χ0n) is 16.2. The molecule has 0 aliphatic rings. The van der Waals surface area contributed by atoms with E-state index in [1.54, 1.807) is 55.6 Å². The molecule has 2 rings (SSSR count). The van der Waals surface area contributed by atoms with Crippen molar-refractivity contribution < 1.29 is 17.9 Å². The molecule has 0 unspecified atom stereocenters. The molecule has 0 spiro atoms. The lowest BCUT2D eigenvalue weighted by molar-refractivity contribution is -0.117. The van der Waals surface area contributed by atoms with Gasteiger partial charge >= 0.3 is 0 Å². The lowest BCUT2D eigenvalue weighted by atomic mass is 9.87. The molecular formula is C20H26N2O4S. The Labute approximate surface area is 161 Å². The molecule has 0 bridgehead atoms. The SMILES string of the molecule is COc1ccc(NC(=O)[C@H](C)NS(=O)(=O)c2ccc(C(C)(C)C)cc2)cc1. The maximum atomic E-state index is 12.5. The lowest BCUT2D eigenvalue weighted by Gasteiger charge is -2.19. The van der Waals surface area contributed by atoms with Gasteiger partial charge in [-0.15, -0.1) is 0 Å². The van der Waals surface area contributed by atoms with Crippen LogP contribution in [0.2, 0.25) is 0 Å². The van der Waals surface area contributed by atoms with Crippen molar-refractivity contribution in [1.29, 1.82) is 0 Å². The average Bonchev–Trinajstić information content (AvgIpc) is 2.61. The summed E-state index contributed by atoms with van der Waals surface area (Å²) in [6.07, 6.45) is 0. The monoisotopic (exact) mass is 390 g/mol. The van der Waals surface area contributed by atoms with Crippen molar-refractivity contribution in [3.63, 3.8) is 0 Å². The van der Waals surface area contributed by atoms with Gasteiger partial charge in [0, 0.05) is 5.69 Å². The highest BCUT2D eigenvalue weighted by molar-refractivity contribution is 7.89. The Morgan fingerprint density at radius 1 is 1.00 bits per heavy atom. The molecule has 0 aliphatic heterocycles. The molecule has 146 valence electrons. The second-order valence-corrected chi connectivity index (χ2v) is 9.05. The second-order valence-electron chi connectivity index (χ2n) is 7.34. The number of anilines is 1. The van der Waals surface area contributed by atoms with E-state index in [1.807, 2.05) is 0 Å². The summed E-state index contributed by atoms with van der Waals surface area (Å²) in [5, 5.41) is 2.67. The van der Waals surface area contributed by atoms with Crippen molar-refractivity contribution in [2.45, 2.75) is 44.0 Å². The van der Waals surface area contributed by atoms with Gasteiger partial charge in [-0.3, -0.25) is 4.79 Å². The zero-order valence-corrected chi connectivity index (χ0v) is 17.1. The van der Waals surface area contributed by atoms with Crippen LogP contribution in [0.1, 0.15) is 33.3 Å². The molecule has 2 N–H and O–H groups in total. The molecule has 0 saturated carbocycles. The molecule has 0 radical (unpaired) electrons. The summed E-state index contributed by atoms with van der Waals surface area (Å²) >= 11 is 0. The Morgan fingerprint density at radius 3 is 2.04 bits per heavy atom. The first-order valence-corrected chi connectivity index (χ1v) is 10.1. The number of hydrogen-bond acceptors (Lipinski definition) is 4. The summed E-state index contributed by atoms with van der Waals surface area (Å²) in [5.74, 6) is 0.218. The first-order valence-electron chi connectivity index (χ1n) is 8.61. The van der Waals surface area contributed by atoms with Gasteiger partial charge in [0.25, 0.3) is 0 Å². The van der Waals surface area contributed by atoms with Crippen molar-refractivity contribution in [2.24, 2.45) is 0 Å². The van der Waals surface area contributed by atoms with Gasteiger partial charge in [0.05, 0.1) is 18.0 Å². The predicted octanol–water partition coefficient (Wildman–Crippen LogP) is 3.30. The summed E-state index contributed by atoms with van der Waals surface area (Å²) in [6, 6.07) is 12.5. The summed E-state index contributed by atoms with van der Waals surface area (Å²) in [5.41, 5.74) is 1.52. The number of sulfonamides is 1. The molecule has 2 aromatic rings. The van der Waals surface area contributed by atoms with Crippen LogP contribution in [0.4, 0.5) is 5.69 Å². The van der Waals surface area contributed by atoms with Crippen LogP contribution in [-0.4, -0.2) is 27.5 Å². The van der Waals surface area contributed by atoms with E-state index in [2.05, 4.69) is 30.8 Å². The normalized spacial score (nSPS) is 13.1. The number of carbonyl (C=O) groups is 1. The lowest BCUT2D eigenvalue weighted by Crippen LogP contribution is -2.41. The third-order valence-corrected chi connectivity index (χ3v) is 5.67. The highest BCUT2D eigenvalue weighted by atomic mass is 32.2. The maximum absolute atomic E-state index is 12.5. The maximum Gasteiger partial charge on any atom is 0.242 e. The molecule has 0 aliphatic carbocycles. The minimum atomic E-state index is -3.80. The molecule has 7 heteroatoms. The number of ether oxygens (including phenoxy) is 1. The minimum Gasteiger partial charge on any atom is -0.497 e. The van der Waals surface area contributed by atoms with Crippen molar-refractivity contribution in [2.75, 3.05) is 12.4 Å². The Balaban J connectivity index is 2.05. The molecule has 0 heterocycles. The topological polar surface area (TPSA) is 84.5 Å². The second kappa shape index (κ2) is 8.10. The molecule has 6 nitrogen and oxygen atoms in total. The number of rotatable bonds is 6. The van der Waals surface area contributed by atoms with Crippen molar-refractivity contribution in [3.8, 4) is 5.75 Å². The van der Waals surface area contributed by atoms with E-state index in [4.69, 9.17) is 4.74 Å². The van der Waals surface area contributed by atoms with Gasteiger partial charge in [-0.25, -0.2) is 8.42 Å². The van der Waals surface area contributed by atoms with Gasteiger partial charge in [-0.1, -0.05) is 32.9 Å². The van der Waals surface area contributed by atoms with Crippen molar-refractivity contribution in [1.82, 2.24) is 4.72 Å². The first kappa shape index (κ1) is 20.9. The number of methoxy groups -OCH3 is 1. The van der Waals surface area contributed by atoms with Crippen LogP contribution in [0, 0.1) is 0 Å². The third kappa shape index (κ3) is 5.55. The summed E-state index contributed by atoms with van der Waals surface area (Å²) in [6.45, 7) is 7.67. The van der Waals surface area contributed by atoms with Gasteiger partial charge in [0.15, 0.2) is 0 Å². The molecule has 0 aromatic heterocycles. The van der Waals surface area contributed by atoms with Crippen molar-refractivity contribution >= 4 is 21.6 Å². The van der Waals surface area contributed by atoms with Gasteiger partial charge in [-0.2, -0.15) is 4.72 Å².